The van der Waals surface area contributed by atoms with Gasteiger partial charge in [0.15, 0.2) is 5.96 Å². The molecule has 6 heteroatoms. The number of hydrogen-bond donors (Lipinski definition) is 2. The maximum absolute atomic E-state index is 13.5. The molecule has 2 aromatic rings. The Bertz CT molecular complexity index is 565. The van der Waals surface area contributed by atoms with E-state index in [2.05, 4.69) is 20.7 Å². The molecular weight excluding hydrogens is 269 g/mol. The molecule has 0 amide bonds. The van der Waals surface area contributed by atoms with Crippen molar-refractivity contribution in [2.24, 2.45) is 4.99 Å². The van der Waals surface area contributed by atoms with Crippen LogP contribution in [0.1, 0.15) is 12.5 Å². The number of hydrogen-bond acceptors (Lipinski definition) is 2. The summed E-state index contributed by atoms with van der Waals surface area (Å²) >= 11 is 0. The summed E-state index contributed by atoms with van der Waals surface area (Å²) in [6.07, 6.45) is 3.66. The second kappa shape index (κ2) is 8.04. The third kappa shape index (κ3) is 4.91. The van der Waals surface area contributed by atoms with Gasteiger partial charge < -0.3 is 10.6 Å². The van der Waals surface area contributed by atoms with Gasteiger partial charge in [0.05, 0.1) is 13.1 Å². The summed E-state index contributed by atoms with van der Waals surface area (Å²) in [6, 6.07) is 8.56. The molecule has 0 radical (unpaired) electrons. The Morgan fingerprint density at radius 2 is 2.14 bits per heavy atom. The lowest BCUT2D eigenvalue weighted by molar-refractivity contribution is 0.596. The fourth-order valence-corrected chi connectivity index (χ4v) is 1.85. The van der Waals surface area contributed by atoms with E-state index >= 15 is 0 Å². The summed E-state index contributed by atoms with van der Waals surface area (Å²) in [5.41, 5.74) is 0.585. The van der Waals surface area contributed by atoms with Crippen molar-refractivity contribution in [2.75, 3.05) is 13.1 Å². The Kier molecular flexibility index (Phi) is 5.75. The van der Waals surface area contributed by atoms with E-state index in [0.29, 0.717) is 24.6 Å². The molecule has 1 aromatic carbocycles. The maximum Gasteiger partial charge on any atom is 0.191 e. The molecule has 0 saturated heterocycles. The molecule has 0 fully saturated rings. The Hall–Kier alpha value is -2.37. The van der Waals surface area contributed by atoms with Crippen molar-refractivity contribution in [2.45, 2.75) is 20.0 Å². The van der Waals surface area contributed by atoms with Crippen molar-refractivity contribution in [3.05, 3.63) is 54.1 Å². The van der Waals surface area contributed by atoms with Crippen LogP contribution in [0.4, 0.5) is 4.39 Å². The van der Waals surface area contributed by atoms with Crippen LogP contribution >= 0.6 is 0 Å². The Labute approximate surface area is 123 Å². The van der Waals surface area contributed by atoms with Gasteiger partial charge in [0.2, 0.25) is 0 Å². The summed E-state index contributed by atoms with van der Waals surface area (Å²) in [6.45, 7) is 4.50. The van der Waals surface area contributed by atoms with E-state index in [9.17, 15) is 4.39 Å². The van der Waals surface area contributed by atoms with Crippen LogP contribution in [0.25, 0.3) is 0 Å². The number of aromatic nitrogens is 2. The first-order chi connectivity index (χ1) is 10.3. The number of aliphatic imine (C=N–C) groups is 1. The summed E-state index contributed by atoms with van der Waals surface area (Å²) < 4.78 is 15.4. The van der Waals surface area contributed by atoms with Crippen molar-refractivity contribution in [3.8, 4) is 0 Å². The fourth-order valence-electron chi connectivity index (χ4n) is 1.85. The van der Waals surface area contributed by atoms with Gasteiger partial charge in [-0.05, 0) is 19.1 Å². The molecule has 0 aliphatic heterocycles. The predicted molar refractivity (Wildman–Crippen MR) is 81.4 cm³/mol. The SMILES string of the molecule is CCNC(=NCc1ccccc1F)NCCn1cccn1. The minimum absolute atomic E-state index is 0.228. The number of nitrogens with one attached hydrogen (secondary N) is 2. The summed E-state index contributed by atoms with van der Waals surface area (Å²) in [4.78, 5) is 4.39. The Morgan fingerprint density at radius 1 is 1.29 bits per heavy atom. The zero-order chi connectivity index (χ0) is 14.9. The third-order valence-corrected chi connectivity index (χ3v) is 2.90. The molecule has 0 aliphatic carbocycles. The highest BCUT2D eigenvalue weighted by atomic mass is 19.1. The van der Waals surface area contributed by atoms with E-state index in [1.54, 1.807) is 18.3 Å². The number of benzene rings is 1. The monoisotopic (exact) mass is 289 g/mol. The molecule has 5 nitrogen and oxygen atoms in total. The van der Waals surface area contributed by atoms with Crippen LogP contribution in [0.15, 0.2) is 47.7 Å². The minimum Gasteiger partial charge on any atom is -0.357 e. The molecule has 0 unspecified atom stereocenters. The van der Waals surface area contributed by atoms with Gasteiger partial charge in [-0.1, -0.05) is 18.2 Å². The van der Waals surface area contributed by atoms with Gasteiger partial charge in [-0.2, -0.15) is 5.10 Å². The molecule has 21 heavy (non-hydrogen) atoms. The van der Waals surface area contributed by atoms with E-state index in [4.69, 9.17) is 0 Å². The average Bonchev–Trinajstić information content (AvgIpc) is 2.99. The topological polar surface area (TPSA) is 54.2 Å². The standard InChI is InChI=1S/C15H20FN5/c1-2-17-15(18-9-11-21-10-5-8-20-21)19-12-13-6-3-4-7-14(13)16/h3-8,10H,2,9,11-12H2,1H3,(H2,17,18,19). The van der Waals surface area contributed by atoms with Crippen LogP contribution in [0.2, 0.25) is 0 Å². The highest BCUT2D eigenvalue weighted by Crippen LogP contribution is 2.07. The molecule has 2 rings (SSSR count). The number of guanidine groups is 1. The van der Waals surface area contributed by atoms with Gasteiger partial charge in [0.25, 0.3) is 0 Å². The molecule has 0 bridgehead atoms. The summed E-state index contributed by atoms with van der Waals surface area (Å²) in [5, 5.41) is 10.5. The van der Waals surface area contributed by atoms with Crippen molar-refractivity contribution >= 4 is 5.96 Å². The van der Waals surface area contributed by atoms with Crippen LogP contribution in [0.3, 0.4) is 0 Å². The molecule has 0 spiro atoms. The van der Waals surface area contributed by atoms with Crippen molar-refractivity contribution in [3.63, 3.8) is 0 Å². The smallest absolute Gasteiger partial charge is 0.191 e. The lowest BCUT2D eigenvalue weighted by Gasteiger charge is -2.11. The second-order valence-corrected chi connectivity index (χ2v) is 4.48. The average molecular weight is 289 g/mol. The Morgan fingerprint density at radius 3 is 2.86 bits per heavy atom. The molecule has 112 valence electrons. The molecular formula is C15H20FN5. The lowest BCUT2D eigenvalue weighted by atomic mass is 10.2. The third-order valence-electron chi connectivity index (χ3n) is 2.90. The molecule has 1 aromatic heterocycles. The van der Waals surface area contributed by atoms with Gasteiger partial charge in [-0.15, -0.1) is 0 Å². The zero-order valence-electron chi connectivity index (χ0n) is 12.1. The van der Waals surface area contributed by atoms with Gasteiger partial charge in [-0.25, -0.2) is 9.38 Å². The maximum atomic E-state index is 13.5. The van der Waals surface area contributed by atoms with E-state index in [1.807, 2.05) is 29.9 Å². The predicted octanol–water partition coefficient (Wildman–Crippen LogP) is 1.78. The van der Waals surface area contributed by atoms with Gasteiger partial charge in [0, 0.05) is 31.0 Å². The first-order valence-corrected chi connectivity index (χ1v) is 7.02. The van der Waals surface area contributed by atoms with E-state index in [1.165, 1.54) is 6.07 Å². The fraction of sp³-hybridized carbons (Fsp3) is 0.333. The van der Waals surface area contributed by atoms with Crippen molar-refractivity contribution < 1.29 is 4.39 Å². The molecule has 2 N–H and O–H groups in total. The van der Waals surface area contributed by atoms with Gasteiger partial charge >= 0.3 is 0 Å². The first-order valence-electron chi connectivity index (χ1n) is 7.02. The van der Waals surface area contributed by atoms with Crippen LogP contribution in [0.5, 0.6) is 0 Å². The quantitative estimate of drug-likeness (QED) is 0.629. The summed E-state index contributed by atoms with van der Waals surface area (Å²) in [5.74, 6) is 0.446. The largest absolute Gasteiger partial charge is 0.357 e. The second-order valence-electron chi connectivity index (χ2n) is 4.48. The zero-order valence-corrected chi connectivity index (χ0v) is 12.1. The minimum atomic E-state index is -0.228. The number of rotatable bonds is 6. The van der Waals surface area contributed by atoms with Gasteiger partial charge in [-0.3, -0.25) is 4.68 Å². The van der Waals surface area contributed by atoms with Crippen LogP contribution < -0.4 is 10.6 Å². The lowest BCUT2D eigenvalue weighted by Crippen LogP contribution is -2.38. The highest BCUT2D eigenvalue weighted by Gasteiger charge is 2.01. The van der Waals surface area contributed by atoms with E-state index < -0.39 is 0 Å². The van der Waals surface area contributed by atoms with Crippen molar-refractivity contribution in [1.82, 2.24) is 20.4 Å². The summed E-state index contributed by atoms with van der Waals surface area (Å²) in [7, 11) is 0. The van der Waals surface area contributed by atoms with E-state index in [-0.39, 0.29) is 5.82 Å². The van der Waals surface area contributed by atoms with E-state index in [0.717, 1.165) is 13.1 Å². The van der Waals surface area contributed by atoms with Crippen LogP contribution in [0, 0.1) is 5.82 Å². The van der Waals surface area contributed by atoms with Crippen molar-refractivity contribution in [1.29, 1.82) is 0 Å². The molecule has 1 heterocycles. The molecule has 0 aliphatic rings. The number of halogens is 1. The molecule has 0 saturated carbocycles. The van der Waals surface area contributed by atoms with Gasteiger partial charge in [0.1, 0.15) is 5.82 Å². The normalized spacial score (nSPS) is 11.4. The molecule has 0 atom stereocenters. The first kappa shape index (κ1) is 15.0. The highest BCUT2D eigenvalue weighted by molar-refractivity contribution is 5.79. The Balaban J connectivity index is 1.88. The van der Waals surface area contributed by atoms with Crippen LogP contribution in [-0.2, 0) is 13.1 Å². The number of nitrogens with zero attached hydrogens (tertiary/aromatic N) is 3. The van der Waals surface area contributed by atoms with Crippen LogP contribution in [-0.4, -0.2) is 28.8 Å².